The van der Waals surface area contributed by atoms with Crippen LogP contribution in [0.1, 0.15) is 23.6 Å². The zero-order valence-corrected chi connectivity index (χ0v) is 8.46. The molecule has 0 N–H and O–H groups in total. The summed E-state index contributed by atoms with van der Waals surface area (Å²) in [6, 6.07) is 6.19. The van der Waals surface area contributed by atoms with Crippen LogP contribution in [0.2, 0.25) is 0 Å². The second-order valence-electron chi connectivity index (χ2n) is 3.05. The standard InChI is InChI=1S/C12H15N/c1-5-11-8-6-7-9(2)12(11)10(3)13-4/h5-8H,1H2,2-4H3. The highest BCUT2D eigenvalue weighted by Gasteiger charge is 2.04. The molecular weight excluding hydrogens is 158 g/mol. The second kappa shape index (κ2) is 4.04. The number of nitrogens with zero attached hydrogens (tertiary/aromatic N) is 1. The molecule has 0 atom stereocenters. The van der Waals surface area contributed by atoms with Crippen molar-refractivity contribution >= 4 is 11.8 Å². The number of aliphatic imine (C=N–C) groups is 1. The first-order chi connectivity index (χ1) is 6.20. The van der Waals surface area contributed by atoms with E-state index in [-0.39, 0.29) is 0 Å². The molecule has 0 amide bonds. The van der Waals surface area contributed by atoms with Crippen molar-refractivity contribution in [1.82, 2.24) is 0 Å². The zero-order chi connectivity index (χ0) is 9.84. The van der Waals surface area contributed by atoms with Crippen LogP contribution in [-0.4, -0.2) is 12.8 Å². The molecule has 0 unspecified atom stereocenters. The largest absolute Gasteiger partial charge is 0.293 e. The van der Waals surface area contributed by atoms with Crippen LogP contribution in [0.3, 0.4) is 0 Å². The molecule has 0 aromatic heterocycles. The minimum atomic E-state index is 1.06. The van der Waals surface area contributed by atoms with Gasteiger partial charge in [-0.2, -0.15) is 0 Å². The van der Waals surface area contributed by atoms with Crippen LogP contribution in [0.15, 0.2) is 29.8 Å². The molecule has 0 bridgehead atoms. The number of aryl methyl sites for hydroxylation is 1. The predicted molar refractivity (Wildman–Crippen MR) is 59.4 cm³/mol. The van der Waals surface area contributed by atoms with E-state index < -0.39 is 0 Å². The van der Waals surface area contributed by atoms with Crippen molar-refractivity contribution in [2.75, 3.05) is 7.05 Å². The highest BCUT2D eigenvalue weighted by Crippen LogP contribution is 2.16. The molecule has 0 radical (unpaired) electrons. The van der Waals surface area contributed by atoms with Gasteiger partial charge in [0.1, 0.15) is 0 Å². The lowest BCUT2D eigenvalue weighted by Gasteiger charge is -2.08. The lowest BCUT2D eigenvalue weighted by molar-refractivity contribution is 1.36. The molecule has 13 heavy (non-hydrogen) atoms. The summed E-state index contributed by atoms with van der Waals surface area (Å²) >= 11 is 0. The van der Waals surface area contributed by atoms with Gasteiger partial charge in [0.25, 0.3) is 0 Å². The van der Waals surface area contributed by atoms with Crippen LogP contribution in [0, 0.1) is 6.92 Å². The number of rotatable bonds is 2. The monoisotopic (exact) mass is 173 g/mol. The fourth-order valence-electron chi connectivity index (χ4n) is 1.47. The van der Waals surface area contributed by atoms with Crippen LogP contribution in [0.5, 0.6) is 0 Å². The van der Waals surface area contributed by atoms with Crippen molar-refractivity contribution in [2.24, 2.45) is 4.99 Å². The summed E-state index contributed by atoms with van der Waals surface area (Å²) in [5.74, 6) is 0. The fourth-order valence-corrected chi connectivity index (χ4v) is 1.47. The molecule has 1 heteroatoms. The van der Waals surface area contributed by atoms with Crippen molar-refractivity contribution in [1.29, 1.82) is 0 Å². The highest BCUT2D eigenvalue weighted by atomic mass is 14.7. The number of hydrogen-bond donors (Lipinski definition) is 0. The Bertz CT molecular complexity index is 348. The molecule has 1 nitrogen and oxygen atoms in total. The maximum Gasteiger partial charge on any atom is 0.0394 e. The molecular formula is C12H15N. The summed E-state index contributed by atoms with van der Waals surface area (Å²) < 4.78 is 0. The van der Waals surface area contributed by atoms with E-state index in [1.54, 1.807) is 0 Å². The van der Waals surface area contributed by atoms with Crippen LogP contribution in [-0.2, 0) is 0 Å². The third-order valence-electron chi connectivity index (χ3n) is 2.22. The van der Waals surface area contributed by atoms with E-state index in [1.807, 2.05) is 26.1 Å². The van der Waals surface area contributed by atoms with Gasteiger partial charge in [-0.05, 0) is 25.0 Å². The van der Waals surface area contributed by atoms with Crippen LogP contribution in [0.4, 0.5) is 0 Å². The van der Waals surface area contributed by atoms with E-state index in [0.717, 1.165) is 11.3 Å². The Balaban J connectivity index is 3.39. The summed E-state index contributed by atoms with van der Waals surface area (Å²) in [6.07, 6.45) is 1.87. The molecule has 0 aliphatic carbocycles. The van der Waals surface area contributed by atoms with Gasteiger partial charge < -0.3 is 0 Å². The number of hydrogen-bond acceptors (Lipinski definition) is 1. The van der Waals surface area contributed by atoms with Gasteiger partial charge in [0, 0.05) is 18.3 Å². The van der Waals surface area contributed by atoms with E-state index in [9.17, 15) is 0 Å². The number of benzene rings is 1. The summed E-state index contributed by atoms with van der Waals surface area (Å²) in [4.78, 5) is 4.20. The van der Waals surface area contributed by atoms with Gasteiger partial charge in [0.15, 0.2) is 0 Å². The SMILES string of the molecule is C=Cc1cccc(C)c1C(C)=NC. The van der Waals surface area contributed by atoms with Crippen molar-refractivity contribution in [2.45, 2.75) is 13.8 Å². The van der Waals surface area contributed by atoms with Gasteiger partial charge in [0.2, 0.25) is 0 Å². The first-order valence-electron chi connectivity index (χ1n) is 4.36. The van der Waals surface area contributed by atoms with Gasteiger partial charge in [-0.15, -0.1) is 0 Å². The van der Waals surface area contributed by atoms with E-state index in [2.05, 4.69) is 30.6 Å². The first kappa shape index (κ1) is 9.72. The topological polar surface area (TPSA) is 12.4 Å². The molecule has 0 aliphatic heterocycles. The fraction of sp³-hybridized carbons (Fsp3) is 0.250. The maximum atomic E-state index is 4.20. The molecule has 0 spiro atoms. The summed E-state index contributed by atoms with van der Waals surface area (Å²) in [7, 11) is 1.81. The van der Waals surface area contributed by atoms with Crippen molar-refractivity contribution < 1.29 is 0 Å². The Morgan fingerprint density at radius 2 is 2.15 bits per heavy atom. The second-order valence-corrected chi connectivity index (χ2v) is 3.05. The van der Waals surface area contributed by atoms with Gasteiger partial charge in [-0.25, -0.2) is 0 Å². The summed E-state index contributed by atoms with van der Waals surface area (Å²) in [5.41, 5.74) is 4.68. The minimum absolute atomic E-state index is 1.06. The van der Waals surface area contributed by atoms with Gasteiger partial charge in [0.05, 0.1) is 0 Å². The average Bonchev–Trinajstić information content (AvgIpc) is 2.16. The molecule has 1 rings (SSSR count). The Morgan fingerprint density at radius 3 is 2.69 bits per heavy atom. The Morgan fingerprint density at radius 1 is 1.46 bits per heavy atom. The minimum Gasteiger partial charge on any atom is -0.293 e. The normalized spacial score (nSPS) is 11.5. The smallest absolute Gasteiger partial charge is 0.0394 e. The highest BCUT2D eigenvalue weighted by molar-refractivity contribution is 6.02. The zero-order valence-electron chi connectivity index (χ0n) is 8.46. The first-order valence-corrected chi connectivity index (χ1v) is 4.36. The van der Waals surface area contributed by atoms with E-state index in [0.29, 0.717) is 0 Å². The third kappa shape index (κ3) is 1.86. The van der Waals surface area contributed by atoms with Gasteiger partial charge in [-0.3, -0.25) is 4.99 Å². The molecule has 68 valence electrons. The third-order valence-corrected chi connectivity index (χ3v) is 2.22. The van der Waals surface area contributed by atoms with Crippen molar-refractivity contribution in [3.05, 3.63) is 41.5 Å². The predicted octanol–water partition coefficient (Wildman–Crippen LogP) is 3.08. The Hall–Kier alpha value is -1.37. The molecule has 1 aromatic rings. The summed E-state index contributed by atoms with van der Waals surface area (Å²) in [6.45, 7) is 7.91. The van der Waals surface area contributed by atoms with E-state index in [4.69, 9.17) is 0 Å². The lowest BCUT2D eigenvalue weighted by Crippen LogP contribution is -2.00. The molecule has 0 saturated heterocycles. The molecule has 0 heterocycles. The maximum absolute atomic E-state index is 4.20. The molecule has 0 fully saturated rings. The van der Waals surface area contributed by atoms with E-state index in [1.165, 1.54) is 11.1 Å². The Labute approximate surface area is 79.8 Å². The molecule has 0 aliphatic rings. The average molecular weight is 173 g/mol. The van der Waals surface area contributed by atoms with Crippen LogP contribution in [0.25, 0.3) is 6.08 Å². The van der Waals surface area contributed by atoms with Crippen LogP contribution >= 0.6 is 0 Å². The molecule has 1 aromatic carbocycles. The van der Waals surface area contributed by atoms with E-state index >= 15 is 0 Å². The van der Waals surface area contributed by atoms with Gasteiger partial charge in [-0.1, -0.05) is 30.9 Å². The van der Waals surface area contributed by atoms with Crippen molar-refractivity contribution in [3.8, 4) is 0 Å². The lowest BCUT2D eigenvalue weighted by atomic mass is 9.98. The van der Waals surface area contributed by atoms with Crippen LogP contribution < -0.4 is 0 Å². The summed E-state index contributed by atoms with van der Waals surface area (Å²) in [5, 5.41) is 0. The molecule has 0 saturated carbocycles. The van der Waals surface area contributed by atoms with Gasteiger partial charge >= 0.3 is 0 Å². The Kier molecular flexibility index (Phi) is 3.02. The van der Waals surface area contributed by atoms with Crippen molar-refractivity contribution in [3.63, 3.8) is 0 Å². The quantitative estimate of drug-likeness (QED) is 0.609.